The molecule has 0 aliphatic heterocycles. The lowest BCUT2D eigenvalue weighted by atomic mass is 10.1. The van der Waals surface area contributed by atoms with Crippen molar-refractivity contribution in [1.29, 1.82) is 0 Å². The van der Waals surface area contributed by atoms with Crippen LogP contribution < -0.4 is 0 Å². The van der Waals surface area contributed by atoms with Crippen LogP contribution in [0.4, 0.5) is 4.39 Å². The van der Waals surface area contributed by atoms with Crippen molar-refractivity contribution in [3.63, 3.8) is 0 Å². The zero-order chi connectivity index (χ0) is 14.1. The molecule has 0 aromatic heterocycles. The number of carbonyl (C=O) groups excluding carboxylic acids is 1. The molecule has 1 rings (SSSR count). The van der Waals surface area contributed by atoms with E-state index in [0.29, 0.717) is 24.5 Å². The number of hydrogen-bond acceptors (Lipinski definition) is 2. The molecule has 0 saturated heterocycles. The summed E-state index contributed by atoms with van der Waals surface area (Å²) in [5.41, 5.74) is 0.571. The Morgan fingerprint density at radius 2 is 1.79 bits per heavy atom. The Balaban J connectivity index is 2.09. The molecule has 1 aromatic rings. The second-order valence-electron chi connectivity index (χ2n) is 5.18. The van der Waals surface area contributed by atoms with Crippen LogP contribution in [0.25, 0.3) is 0 Å². The fraction of sp³-hybridized carbons (Fsp3) is 0.562. The fourth-order valence-corrected chi connectivity index (χ4v) is 1.81. The van der Waals surface area contributed by atoms with Crippen molar-refractivity contribution in [1.82, 2.24) is 0 Å². The maximum Gasteiger partial charge on any atom is 0.162 e. The summed E-state index contributed by atoms with van der Waals surface area (Å²) in [7, 11) is 0. The van der Waals surface area contributed by atoms with Crippen molar-refractivity contribution >= 4 is 5.78 Å². The number of ketones is 1. The summed E-state index contributed by atoms with van der Waals surface area (Å²) in [5, 5.41) is 0. The zero-order valence-corrected chi connectivity index (χ0v) is 11.8. The van der Waals surface area contributed by atoms with Crippen LogP contribution in [-0.2, 0) is 4.74 Å². The van der Waals surface area contributed by atoms with Gasteiger partial charge in [0.2, 0.25) is 0 Å². The number of halogens is 1. The van der Waals surface area contributed by atoms with E-state index in [1.165, 1.54) is 30.7 Å². The molecule has 0 spiro atoms. The van der Waals surface area contributed by atoms with Crippen molar-refractivity contribution in [3.8, 4) is 0 Å². The molecule has 0 bridgehead atoms. The van der Waals surface area contributed by atoms with E-state index in [2.05, 4.69) is 13.8 Å². The molecule has 2 nitrogen and oxygen atoms in total. The molecule has 19 heavy (non-hydrogen) atoms. The first-order chi connectivity index (χ1) is 9.09. The Bertz CT molecular complexity index is 371. The van der Waals surface area contributed by atoms with Crippen molar-refractivity contribution in [3.05, 3.63) is 35.6 Å². The van der Waals surface area contributed by atoms with Crippen LogP contribution in [0.5, 0.6) is 0 Å². The third-order valence-corrected chi connectivity index (χ3v) is 2.93. The van der Waals surface area contributed by atoms with Crippen LogP contribution in [-0.4, -0.2) is 19.0 Å². The maximum atomic E-state index is 12.7. The highest BCUT2D eigenvalue weighted by Crippen LogP contribution is 2.08. The number of carbonyl (C=O) groups is 1. The summed E-state index contributed by atoms with van der Waals surface area (Å²) < 4.78 is 18.2. The highest BCUT2D eigenvalue weighted by atomic mass is 19.1. The van der Waals surface area contributed by atoms with E-state index in [-0.39, 0.29) is 11.6 Å². The number of ether oxygens (including phenoxy) is 1. The lowest BCUT2D eigenvalue weighted by Crippen LogP contribution is -2.03. The van der Waals surface area contributed by atoms with Gasteiger partial charge in [0.1, 0.15) is 5.82 Å². The molecule has 0 fully saturated rings. The average Bonchev–Trinajstić information content (AvgIpc) is 2.38. The molecule has 3 heteroatoms. The molecule has 0 heterocycles. The van der Waals surface area contributed by atoms with Gasteiger partial charge in [0.15, 0.2) is 5.78 Å². The molecule has 0 radical (unpaired) electrons. The predicted molar refractivity (Wildman–Crippen MR) is 74.9 cm³/mol. The lowest BCUT2D eigenvalue weighted by Gasteiger charge is -2.06. The van der Waals surface area contributed by atoms with Gasteiger partial charge in [0.05, 0.1) is 0 Å². The van der Waals surface area contributed by atoms with Gasteiger partial charge < -0.3 is 4.74 Å². The normalized spacial score (nSPS) is 10.9. The number of hydrogen-bond donors (Lipinski definition) is 0. The van der Waals surface area contributed by atoms with E-state index >= 15 is 0 Å². The molecule has 0 amide bonds. The Hall–Kier alpha value is -1.22. The molecule has 0 saturated carbocycles. The summed E-state index contributed by atoms with van der Waals surface area (Å²) in [6.45, 7) is 5.77. The van der Waals surface area contributed by atoms with Gasteiger partial charge in [-0.1, -0.05) is 13.8 Å². The largest absolute Gasteiger partial charge is 0.381 e. The Kier molecular flexibility index (Phi) is 7.34. The van der Waals surface area contributed by atoms with Gasteiger partial charge in [-0.15, -0.1) is 0 Å². The molecular weight excluding hydrogens is 243 g/mol. The number of Topliss-reactive ketones (excluding diaryl/α,β-unsaturated/α-hetero) is 1. The first-order valence-electron chi connectivity index (χ1n) is 6.96. The Labute approximate surface area is 115 Å². The number of rotatable bonds is 9. The summed E-state index contributed by atoms with van der Waals surface area (Å²) in [6.07, 6.45) is 3.42. The summed E-state index contributed by atoms with van der Waals surface area (Å²) in [4.78, 5) is 11.8. The van der Waals surface area contributed by atoms with Crippen LogP contribution in [0.2, 0.25) is 0 Å². The monoisotopic (exact) mass is 266 g/mol. The van der Waals surface area contributed by atoms with E-state index in [4.69, 9.17) is 4.74 Å². The molecular formula is C16H23FO2. The second-order valence-corrected chi connectivity index (χ2v) is 5.18. The third kappa shape index (κ3) is 7.06. The Morgan fingerprint density at radius 1 is 1.16 bits per heavy atom. The molecule has 0 aliphatic rings. The molecule has 0 atom stereocenters. The van der Waals surface area contributed by atoms with E-state index in [9.17, 15) is 9.18 Å². The van der Waals surface area contributed by atoms with Crippen molar-refractivity contribution in [2.45, 2.75) is 39.5 Å². The predicted octanol–water partition coefficient (Wildman–Crippen LogP) is 4.24. The molecule has 0 unspecified atom stereocenters. The van der Waals surface area contributed by atoms with Gasteiger partial charge in [-0.3, -0.25) is 4.79 Å². The average molecular weight is 266 g/mol. The molecule has 0 N–H and O–H groups in total. The van der Waals surface area contributed by atoms with Crippen molar-refractivity contribution in [2.75, 3.05) is 13.2 Å². The highest BCUT2D eigenvalue weighted by molar-refractivity contribution is 5.95. The topological polar surface area (TPSA) is 26.3 Å². The zero-order valence-electron chi connectivity index (χ0n) is 11.8. The highest BCUT2D eigenvalue weighted by Gasteiger charge is 2.05. The van der Waals surface area contributed by atoms with Crippen LogP contribution in [0.15, 0.2) is 24.3 Å². The van der Waals surface area contributed by atoms with E-state index < -0.39 is 0 Å². The first-order valence-corrected chi connectivity index (χ1v) is 6.96. The minimum absolute atomic E-state index is 0.0470. The van der Waals surface area contributed by atoms with Crippen LogP contribution in [0.3, 0.4) is 0 Å². The van der Waals surface area contributed by atoms with Gasteiger partial charge in [-0.25, -0.2) is 4.39 Å². The Morgan fingerprint density at radius 3 is 2.42 bits per heavy atom. The third-order valence-electron chi connectivity index (χ3n) is 2.93. The van der Waals surface area contributed by atoms with Crippen molar-refractivity contribution in [2.24, 2.45) is 5.92 Å². The summed E-state index contributed by atoms with van der Waals surface area (Å²) in [6, 6.07) is 5.69. The van der Waals surface area contributed by atoms with Crippen LogP contribution >= 0.6 is 0 Å². The van der Waals surface area contributed by atoms with E-state index in [1.807, 2.05) is 0 Å². The lowest BCUT2D eigenvalue weighted by molar-refractivity contribution is 0.0931. The van der Waals surface area contributed by atoms with Gasteiger partial charge in [-0.05, 0) is 49.4 Å². The smallest absolute Gasteiger partial charge is 0.162 e. The number of benzene rings is 1. The minimum Gasteiger partial charge on any atom is -0.381 e. The molecule has 0 aliphatic carbocycles. The van der Waals surface area contributed by atoms with E-state index in [1.54, 1.807) is 0 Å². The van der Waals surface area contributed by atoms with Gasteiger partial charge in [0.25, 0.3) is 0 Å². The fourth-order valence-electron chi connectivity index (χ4n) is 1.81. The second kappa shape index (κ2) is 8.81. The van der Waals surface area contributed by atoms with Crippen LogP contribution in [0, 0.1) is 11.7 Å². The van der Waals surface area contributed by atoms with Gasteiger partial charge in [-0.2, -0.15) is 0 Å². The van der Waals surface area contributed by atoms with Crippen LogP contribution in [0.1, 0.15) is 49.9 Å². The SMILES string of the molecule is CC(C)CCCOCCCC(=O)c1ccc(F)cc1. The molecule has 106 valence electrons. The maximum absolute atomic E-state index is 12.7. The minimum atomic E-state index is -0.315. The first kappa shape index (κ1) is 15.8. The van der Waals surface area contributed by atoms with Gasteiger partial charge >= 0.3 is 0 Å². The summed E-state index contributed by atoms with van der Waals surface area (Å²) in [5.74, 6) is 0.444. The molecule has 1 aromatic carbocycles. The van der Waals surface area contributed by atoms with Crippen molar-refractivity contribution < 1.29 is 13.9 Å². The summed E-state index contributed by atoms with van der Waals surface area (Å²) >= 11 is 0. The van der Waals surface area contributed by atoms with Gasteiger partial charge in [0, 0.05) is 25.2 Å². The van der Waals surface area contributed by atoms with E-state index in [0.717, 1.165) is 19.4 Å². The standard InChI is InChI=1S/C16H23FO2/c1-13(2)5-3-11-19-12-4-6-16(18)14-7-9-15(17)10-8-14/h7-10,13H,3-6,11-12H2,1-2H3. The quantitative estimate of drug-likeness (QED) is 0.493.